The number of anilines is 1. The van der Waals surface area contributed by atoms with E-state index in [0.29, 0.717) is 38.4 Å². The molecule has 40 heavy (non-hydrogen) atoms. The number of halogens is 3. The molecular weight excluding hydrogens is 546 g/mol. The molecule has 1 N–H and O–H groups in total. The van der Waals surface area contributed by atoms with Gasteiger partial charge in [0.1, 0.15) is 0 Å². The summed E-state index contributed by atoms with van der Waals surface area (Å²) in [7, 11) is 6.38. The zero-order valence-electron chi connectivity index (χ0n) is 22.5. The van der Waals surface area contributed by atoms with Gasteiger partial charge in [-0.05, 0) is 44.4 Å². The van der Waals surface area contributed by atoms with Crippen LogP contribution in [-0.2, 0) is 11.8 Å². The third-order valence-electron chi connectivity index (χ3n) is 6.56. The Morgan fingerprint density at radius 2 is 1.73 bits per heavy atom. The molecule has 0 spiro atoms. The van der Waals surface area contributed by atoms with E-state index in [0.717, 1.165) is 0 Å². The second kappa shape index (κ2) is 12.0. The Kier molecular flexibility index (Phi) is 8.70. The van der Waals surface area contributed by atoms with E-state index >= 15 is 0 Å². The van der Waals surface area contributed by atoms with Crippen LogP contribution in [0.3, 0.4) is 0 Å². The quantitative estimate of drug-likeness (QED) is 0.465. The minimum Gasteiger partial charge on any atom is -0.494 e. The molecule has 212 valence electrons. The van der Waals surface area contributed by atoms with Gasteiger partial charge in [-0.25, -0.2) is 9.37 Å². The van der Waals surface area contributed by atoms with Gasteiger partial charge in [-0.1, -0.05) is 11.6 Å². The van der Waals surface area contributed by atoms with Crippen LogP contribution in [0.5, 0.6) is 5.75 Å². The van der Waals surface area contributed by atoms with Crippen LogP contribution in [-0.4, -0.2) is 95.9 Å². The lowest BCUT2D eigenvalue weighted by atomic mass is 10.1. The molecule has 1 aliphatic rings. The van der Waals surface area contributed by atoms with Crippen molar-refractivity contribution in [3.63, 3.8) is 0 Å². The lowest BCUT2D eigenvalue weighted by molar-refractivity contribution is -0.133. The second-order valence-corrected chi connectivity index (χ2v) is 9.94. The molecule has 1 fully saturated rings. The number of rotatable bonds is 7. The van der Waals surface area contributed by atoms with Crippen molar-refractivity contribution in [1.82, 2.24) is 24.3 Å². The van der Waals surface area contributed by atoms with Gasteiger partial charge in [0.2, 0.25) is 11.7 Å². The van der Waals surface area contributed by atoms with E-state index in [2.05, 4.69) is 10.3 Å². The Morgan fingerprint density at radius 3 is 2.35 bits per heavy atom. The number of amides is 3. The maximum Gasteiger partial charge on any atom is 0.291 e. The summed E-state index contributed by atoms with van der Waals surface area (Å²) in [6, 6.07) is 7.13. The highest BCUT2D eigenvalue weighted by Gasteiger charge is 2.27. The molecule has 4 rings (SSSR count). The Bertz CT molecular complexity index is 1450. The minimum absolute atomic E-state index is 0.0105. The number of piperazine rings is 1. The Morgan fingerprint density at radius 1 is 1.05 bits per heavy atom. The number of carbonyl (C=O) groups excluding carboxylic acids is 3. The van der Waals surface area contributed by atoms with Gasteiger partial charge in [-0.3, -0.25) is 14.4 Å². The number of likely N-dealkylation sites (N-methyl/N-ethyl adjacent to an activating group) is 1. The first-order valence-corrected chi connectivity index (χ1v) is 12.8. The lowest BCUT2D eigenvalue weighted by Crippen LogP contribution is -2.52. The highest BCUT2D eigenvalue weighted by atomic mass is 35.5. The van der Waals surface area contributed by atoms with Crippen molar-refractivity contribution < 1.29 is 27.9 Å². The van der Waals surface area contributed by atoms with E-state index < -0.39 is 17.5 Å². The first kappa shape index (κ1) is 29.0. The van der Waals surface area contributed by atoms with Crippen LogP contribution in [0.15, 0.2) is 36.5 Å². The number of ether oxygens (including phenoxy) is 1. The molecule has 3 amide bonds. The van der Waals surface area contributed by atoms with Gasteiger partial charge in [0.25, 0.3) is 11.8 Å². The molecule has 2 aromatic carbocycles. The van der Waals surface area contributed by atoms with Crippen LogP contribution in [0.25, 0.3) is 11.3 Å². The van der Waals surface area contributed by atoms with Gasteiger partial charge in [0.05, 0.1) is 36.1 Å². The summed E-state index contributed by atoms with van der Waals surface area (Å²) in [5.74, 6) is -3.43. The van der Waals surface area contributed by atoms with Gasteiger partial charge in [-0.2, -0.15) is 4.39 Å². The standard InChI is InChI=1S/C27H29ClF2N6O4/c1-33(2)15-22(37)35-9-11-36(12-10-35)27(39)17-6-5-16(13-19(17)28)32-26(38)25-31-14-20(34(25)3)18-7-8-21(40-4)24(30)23(18)29/h5-8,13-14H,9-12,15H2,1-4H3,(H,32,38). The van der Waals surface area contributed by atoms with Crippen molar-refractivity contribution in [3.8, 4) is 17.0 Å². The van der Waals surface area contributed by atoms with E-state index in [1.54, 1.807) is 14.7 Å². The average molecular weight is 575 g/mol. The van der Waals surface area contributed by atoms with Crippen LogP contribution in [0.4, 0.5) is 14.5 Å². The molecule has 0 unspecified atom stereocenters. The highest BCUT2D eigenvalue weighted by Crippen LogP contribution is 2.30. The molecule has 2 heterocycles. The average Bonchev–Trinajstić information content (AvgIpc) is 3.30. The lowest BCUT2D eigenvalue weighted by Gasteiger charge is -2.35. The van der Waals surface area contributed by atoms with Gasteiger partial charge < -0.3 is 29.3 Å². The predicted octanol–water partition coefficient (Wildman–Crippen LogP) is 3.13. The monoisotopic (exact) mass is 574 g/mol. The van der Waals surface area contributed by atoms with Crippen molar-refractivity contribution in [2.24, 2.45) is 7.05 Å². The fourth-order valence-corrected chi connectivity index (χ4v) is 4.67. The zero-order chi connectivity index (χ0) is 29.1. The molecule has 13 heteroatoms. The third-order valence-corrected chi connectivity index (χ3v) is 6.88. The molecule has 3 aromatic rings. The number of nitrogens with zero attached hydrogens (tertiary/aromatic N) is 5. The largest absolute Gasteiger partial charge is 0.494 e. The summed E-state index contributed by atoms with van der Waals surface area (Å²) in [6.45, 7) is 1.94. The number of methoxy groups -OCH3 is 1. The van der Waals surface area contributed by atoms with Crippen LogP contribution in [0.2, 0.25) is 5.02 Å². The predicted molar refractivity (Wildman–Crippen MR) is 146 cm³/mol. The molecule has 0 aliphatic carbocycles. The fraction of sp³-hybridized carbons (Fsp3) is 0.333. The minimum atomic E-state index is -1.14. The first-order chi connectivity index (χ1) is 19.0. The number of hydrogen-bond donors (Lipinski definition) is 1. The van der Waals surface area contributed by atoms with Crippen LogP contribution < -0.4 is 10.1 Å². The van der Waals surface area contributed by atoms with Gasteiger partial charge in [0, 0.05) is 44.5 Å². The molecule has 0 atom stereocenters. The van der Waals surface area contributed by atoms with Crippen molar-refractivity contribution in [2.45, 2.75) is 0 Å². The molecule has 0 bridgehead atoms. The molecule has 1 aliphatic heterocycles. The third kappa shape index (κ3) is 5.92. The van der Waals surface area contributed by atoms with Crippen LogP contribution >= 0.6 is 11.6 Å². The number of carbonyl (C=O) groups is 3. The topological polar surface area (TPSA) is 100 Å². The summed E-state index contributed by atoms with van der Waals surface area (Å²) < 4.78 is 34.9. The Labute approximate surface area is 235 Å². The van der Waals surface area contributed by atoms with E-state index in [1.165, 1.54) is 55.3 Å². The summed E-state index contributed by atoms with van der Waals surface area (Å²) in [6.07, 6.45) is 1.27. The van der Waals surface area contributed by atoms with E-state index in [1.807, 2.05) is 14.1 Å². The molecule has 0 radical (unpaired) electrons. The Hall–Kier alpha value is -4.03. The second-order valence-electron chi connectivity index (χ2n) is 9.53. The Balaban J connectivity index is 1.43. The summed E-state index contributed by atoms with van der Waals surface area (Å²) in [5, 5.41) is 2.80. The highest BCUT2D eigenvalue weighted by molar-refractivity contribution is 6.34. The van der Waals surface area contributed by atoms with Crippen molar-refractivity contribution in [1.29, 1.82) is 0 Å². The number of benzene rings is 2. The van der Waals surface area contributed by atoms with Gasteiger partial charge >= 0.3 is 0 Å². The number of imidazole rings is 1. The summed E-state index contributed by atoms with van der Waals surface area (Å²) >= 11 is 6.40. The molecule has 10 nitrogen and oxygen atoms in total. The first-order valence-electron chi connectivity index (χ1n) is 12.4. The summed E-state index contributed by atoms with van der Waals surface area (Å²) in [4.78, 5) is 47.5. The van der Waals surface area contributed by atoms with Crippen molar-refractivity contribution >= 4 is 35.0 Å². The van der Waals surface area contributed by atoms with Crippen molar-refractivity contribution in [2.75, 3.05) is 59.2 Å². The van der Waals surface area contributed by atoms with E-state index in [9.17, 15) is 23.2 Å². The van der Waals surface area contributed by atoms with Crippen LogP contribution in [0.1, 0.15) is 21.0 Å². The fourth-order valence-electron chi connectivity index (χ4n) is 4.41. The summed E-state index contributed by atoms with van der Waals surface area (Å²) in [5.41, 5.74) is 0.689. The SMILES string of the molecule is COc1ccc(-c2cnc(C(=O)Nc3ccc(C(=O)N4CCN(C(=O)CN(C)C)CC4)c(Cl)c3)n2C)c(F)c1F. The van der Waals surface area contributed by atoms with Gasteiger partial charge in [0.15, 0.2) is 17.4 Å². The zero-order valence-corrected chi connectivity index (χ0v) is 23.3. The number of hydrogen-bond acceptors (Lipinski definition) is 6. The van der Waals surface area contributed by atoms with Crippen LogP contribution in [0, 0.1) is 11.6 Å². The molecule has 0 saturated carbocycles. The molecule has 1 aromatic heterocycles. The number of nitrogens with one attached hydrogen (secondary N) is 1. The maximum atomic E-state index is 14.6. The molecule has 1 saturated heterocycles. The van der Waals surface area contributed by atoms with E-state index in [4.69, 9.17) is 16.3 Å². The smallest absolute Gasteiger partial charge is 0.291 e. The maximum absolute atomic E-state index is 14.6. The van der Waals surface area contributed by atoms with Crippen molar-refractivity contribution in [3.05, 3.63) is 64.6 Å². The normalized spacial score (nSPS) is 13.5. The number of aromatic nitrogens is 2. The molecular formula is C27H29ClF2N6O4. The van der Waals surface area contributed by atoms with E-state index in [-0.39, 0.29) is 45.2 Å². The van der Waals surface area contributed by atoms with Gasteiger partial charge in [-0.15, -0.1) is 0 Å².